The van der Waals surface area contributed by atoms with Gasteiger partial charge in [0.2, 0.25) is 5.75 Å². The largest absolute Gasteiger partial charge is 0.493 e. The van der Waals surface area contributed by atoms with Crippen LogP contribution in [0.15, 0.2) is 42.6 Å². The summed E-state index contributed by atoms with van der Waals surface area (Å²) in [5, 5.41) is 2.53. The highest BCUT2D eigenvalue weighted by Crippen LogP contribution is 2.29. The molecule has 9 heteroatoms. The van der Waals surface area contributed by atoms with E-state index in [-0.39, 0.29) is 29.2 Å². The molecule has 0 spiro atoms. The first-order chi connectivity index (χ1) is 16.2. The molecule has 0 bridgehead atoms. The molecule has 0 saturated carbocycles. The number of aromatic nitrogens is 1. The van der Waals surface area contributed by atoms with Crippen molar-refractivity contribution in [2.24, 2.45) is 5.92 Å². The number of nitrogens with one attached hydrogen (secondary N) is 1. The number of nitrogens with zero attached hydrogens (tertiary/aromatic N) is 1. The third-order valence-electron chi connectivity index (χ3n) is 5.24. The van der Waals surface area contributed by atoms with Crippen LogP contribution in [0, 0.1) is 5.92 Å². The molecule has 0 aliphatic carbocycles. The number of pyridine rings is 1. The second-order valence-corrected chi connectivity index (χ2v) is 7.90. The van der Waals surface area contributed by atoms with Crippen LogP contribution in [0.3, 0.4) is 0 Å². The summed E-state index contributed by atoms with van der Waals surface area (Å²) in [6.45, 7) is 8.50. The molecule has 184 valence electrons. The number of hydrogen-bond donors (Lipinski definition) is 1. The number of carbonyl (C=O) groups is 3. The van der Waals surface area contributed by atoms with Gasteiger partial charge in [0, 0.05) is 19.2 Å². The molecule has 1 amide bonds. The van der Waals surface area contributed by atoms with Crippen molar-refractivity contribution in [2.45, 2.75) is 59.3 Å². The van der Waals surface area contributed by atoms with E-state index in [1.54, 1.807) is 6.92 Å². The van der Waals surface area contributed by atoms with E-state index in [0.29, 0.717) is 5.75 Å². The molecule has 0 radical (unpaired) electrons. The van der Waals surface area contributed by atoms with E-state index in [1.807, 2.05) is 44.2 Å². The Balaban J connectivity index is 2.10. The lowest BCUT2D eigenvalue weighted by molar-refractivity contribution is -0.156. The predicted octanol–water partition coefficient (Wildman–Crippen LogP) is 3.56. The molecule has 9 nitrogen and oxygen atoms in total. The third-order valence-corrected chi connectivity index (χ3v) is 5.24. The topological polar surface area (TPSA) is 113 Å². The van der Waals surface area contributed by atoms with Gasteiger partial charge >= 0.3 is 11.9 Å². The van der Waals surface area contributed by atoms with Gasteiger partial charge in [0.05, 0.1) is 7.11 Å². The first-order valence-electron chi connectivity index (χ1n) is 11.1. The SMILES string of the molecule is CC[C@H](C)[C@@H](Oc1ccccc1)[C@H](C)OC(=O)[C@H](C)NC(=O)c1nccc(OC)c1OC(C)=O. The van der Waals surface area contributed by atoms with Crippen molar-refractivity contribution in [1.29, 1.82) is 0 Å². The molecule has 0 aliphatic heterocycles. The number of esters is 2. The Morgan fingerprint density at radius 2 is 1.74 bits per heavy atom. The zero-order chi connectivity index (χ0) is 25.3. The monoisotopic (exact) mass is 472 g/mol. The molecule has 0 aliphatic rings. The number of hydrogen-bond acceptors (Lipinski definition) is 8. The van der Waals surface area contributed by atoms with Gasteiger partial charge in [-0.1, -0.05) is 32.0 Å². The Morgan fingerprint density at radius 3 is 2.32 bits per heavy atom. The molecule has 2 rings (SSSR count). The lowest BCUT2D eigenvalue weighted by Crippen LogP contribution is -2.44. The summed E-state index contributed by atoms with van der Waals surface area (Å²) in [6, 6.07) is 9.77. The van der Waals surface area contributed by atoms with Gasteiger partial charge < -0.3 is 24.3 Å². The van der Waals surface area contributed by atoms with Crippen LogP contribution in [-0.4, -0.2) is 48.2 Å². The highest BCUT2D eigenvalue weighted by atomic mass is 16.6. The zero-order valence-electron chi connectivity index (χ0n) is 20.4. The van der Waals surface area contributed by atoms with Crippen molar-refractivity contribution in [3.63, 3.8) is 0 Å². The van der Waals surface area contributed by atoms with Gasteiger partial charge in [0.15, 0.2) is 11.4 Å². The van der Waals surface area contributed by atoms with E-state index in [1.165, 1.54) is 33.2 Å². The van der Waals surface area contributed by atoms with E-state index in [4.69, 9.17) is 18.9 Å². The summed E-state index contributed by atoms with van der Waals surface area (Å²) >= 11 is 0. The lowest BCUT2D eigenvalue weighted by atomic mass is 9.97. The van der Waals surface area contributed by atoms with Crippen LogP contribution in [0.25, 0.3) is 0 Å². The normalized spacial score (nSPS) is 14.2. The smallest absolute Gasteiger partial charge is 0.328 e. The predicted molar refractivity (Wildman–Crippen MR) is 125 cm³/mol. The highest BCUT2D eigenvalue weighted by Gasteiger charge is 2.30. The summed E-state index contributed by atoms with van der Waals surface area (Å²) in [4.78, 5) is 41.0. The van der Waals surface area contributed by atoms with E-state index >= 15 is 0 Å². The number of carbonyl (C=O) groups excluding carboxylic acids is 3. The van der Waals surface area contributed by atoms with Crippen molar-refractivity contribution < 1.29 is 33.3 Å². The Bertz CT molecular complexity index is 980. The van der Waals surface area contributed by atoms with Gasteiger partial charge in [-0.05, 0) is 38.3 Å². The van der Waals surface area contributed by atoms with Gasteiger partial charge in [0.25, 0.3) is 5.91 Å². The van der Waals surface area contributed by atoms with Crippen molar-refractivity contribution in [3.8, 4) is 17.2 Å². The van der Waals surface area contributed by atoms with Crippen molar-refractivity contribution >= 4 is 17.8 Å². The molecule has 1 heterocycles. The first-order valence-corrected chi connectivity index (χ1v) is 11.1. The second kappa shape index (κ2) is 12.6. The molecule has 1 aromatic carbocycles. The Kier molecular flexibility index (Phi) is 9.85. The molecular formula is C25H32N2O7. The fraction of sp³-hybridized carbons (Fsp3) is 0.440. The summed E-state index contributed by atoms with van der Waals surface area (Å²) in [5.41, 5.74) is -0.188. The quantitative estimate of drug-likeness (QED) is 0.494. The van der Waals surface area contributed by atoms with Crippen LogP contribution in [-0.2, 0) is 14.3 Å². The Morgan fingerprint density at radius 1 is 1.06 bits per heavy atom. The maximum absolute atomic E-state index is 12.8. The van der Waals surface area contributed by atoms with Crippen molar-refractivity contribution in [1.82, 2.24) is 10.3 Å². The van der Waals surface area contributed by atoms with Crippen LogP contribution in [0.5, 0.6) is 17.2 Å². The molecule has 34 heavy (non-hydrogen) atoms. The van der Waals surface area contributed by atoms with Crippen LogP contribution >= 0.6 is 0 Å². The van der Waals surface area contributed by atoms with Crippen LogP contribution in [0.4, 0.5) is 0 Å². The molecule has 0 unspecified atom stereocenters. The first kappa shape index (κ1) is 26.6. The van der Waals surface area contributed by atoms with Gasteiger partial charge in [-0.3, -0.25) is 9.59 Å². The van der Waals surface area contributed by atoms with Crippen LogP contribution in [0.1, 0.15) is 51.5 Å². The standard InChI is InChI=1S/C25H32N2O7/c1-7-15(2)22(34-19-11-9-8-10-12-19)17(4)32-25(30)16(3)27-24(29)21-23(33-18(5)28)20(31-6)13-14-26-21/h8-17,22H,7H2,1-6H3,(H,27,29)/t15-,16-,17-,22+/m0/s1. The highest BCUT2D eigenvalue weighted by molar-refractivity contribution is 5.98. The zero-order valence-corrected chi connectivity index (χ0v) is 20.4. The lowest BCUT2D eigenvalue weighted by Gasteiger charge is -2.30. The fourth-order valence-corrected chi connectivity index (χ4v) is 3.23. The number of rotatable bonds is 11. The van der Waals surface area contributed by atoms with Crippen molar-refractivity contribution in [3.05, 3.63) is 48.3 Å². The van der Waals surface area contributed by atoms with Crippen molar-refractivity contribution in [2.75, 3.05) is 7.11 Å². The van der Waals surface area contributed by atoms with Gasteiger partial charge in [-0.15, -0.1) is 0 Å². The molecular weight excluding hydrogens is 440 g/mol. The molecule has 0 saturated heterocycles. The van der Waals surface area contributed by atoms with Gasteiger partial charge in [-0.25, -0.2) is 9.78 Å². The minimum absolute atomic E-state index is 0.111. The average Bonchev–Trinajstić information content (AvgIpc) is 2.82. The van der Waals surface area contributed by atoms with E-state index in [9.17, 15) is 14.4 Å². The molecule has 1 aromatic heterocycles. The Labute approximate surface area is 199 Å². The fourth-order valence-electron chi connectivity index (χ4n) is 3.23. The van der Waals surface area contributed by atoms with E-state index in [0.717, 1.165) is 6.42 Å². The average molecular weight is 473 g/mol. The van der Waals surface area contributed by atoms with E-state index < -0.39 is 30.0 Å². The molecule has 2 aromatic rings. The third kappa shape index (κ3) is 7.19. The number of ether oxygens (including phenoxy) is 4. The number of para-hydroxylation sites is 1. The number of amides is 1. The van der Waals surface area contributed by atoms with Crippen LogP contribution < -0.4 is 19.5 Å². The number of methoxy groups -OCH3 is 1. The van der Waals surface area contributed by atoms with Crippen LogP contribution in [0.2, 0.25) is 0 Å². The summed E-state index contributed by atoms with van der Waals surface area (Å²) in [6.07, 6.45) is 1.21. The minimum atomic E-state index is -0.998. The van der Waals surface area contributed by atoms with Gasteiger partial charge in [-0.2, -0.15) is 0 Å². The number of benzene rings is 1. The summed E-state index contributed by atoms with van der Waals surface area (Å²) in [7, 11) is 1.37. The Hall–Kier alpha value is -3.62. The van der Waals surface area contributed by atoms with Gasteiger partial charge in [0.1, 0.15) is 24.0 Å². The molecule has 4 atom stereocenters. The molecule has 0 fully saturated rings. The molecule has 1 N–H and O–H groups in total. The summed E-state index contributed by atoms with van der Waals surface area (Å²) in [5.74, 6) is -1.17. The maximum Gasteiger partial charge on any atom is 0.328 e. The summed E-state index contributed by atoms with van der Waals surface area (Å²) < 4.78 is 22.0. The maximum atomic E-state index is 12.8. The second-order valence-electron chi connectivity index (χ2n) is 7.90. The minimum Gasteiger partial charge on any atom is -0.493 e. The van der Waals surface area contributed by atoms with E-state index in [2.05, 4.69) is 10.3 Å².